The molecule has 1 atom stereocenters. The molecule has 0 aliphatic rings. The first kappa shape index (κ1) is 12.8. The molecule has 1 heterocycles. The van der Waals surface area contributed by atoms with Gasteiger partial charge in [0.1, 0.15) is 0 Å². The molecule has 4 heteroatoms. The number of hydrogen-bond donors (Lipinski definition) is 2. The van der Waals surface area contributed by atoms with E-state index in [4.69, 9.17) is 15.2 Å². The number of benzene rings is 1. The normalized spacial score (nSPS) is 12.7. The molecule has 2 rings (SSSR count). The SMILES string of the molecule is CCC(CN)c1c[nH]c2cc(OC)c(OC)cc12. The van der Waals surface area contributed by atoms with Crippen LogP contribution in [0.3, 0.4) is 0 Å². The van der Waals surface area contributed by atoms with E-state index >= 15 is 0 Å². The minimum atomic E-state index is 0.372. The number of hydrogen-bond acceptors (Lipinski definition) is 3. The van der Waals surface area contributed by atoms with Crippen LogP contribution in [0.25, 0.3) is 10.9 Å². The van der Waals surface area contributed by atoms with Crippen molar-refractivity contribution in [3.63, 3.8) is 0 Å². The Hall–Kier alpha value is -1.68. The standard InChI is InChI=1S/C14H20N2O2/c1-4-9(7-15)11-8-16-12-6-14(18-3)13(17-2)5-10(11)12/h5-6,8-9,16H,4,7,15H2,1-3H3. The molecule has 0 aliphatic heterocycles. The fourth-order valence-electron chi connectivity index (χ4n) is 2.32. The van der Waals surface area contributed by atoms with E-state index < -0.39 is 0 Å². The van der Waals surface area contributed by atoms with Gasteiger partial charge in [0.05, 0.1) is 14.2 Å². The highest BCUT2D eigenvalue weighted by Crippen LogP contribution is 2.35. The first-order valence-corrected chi connectivity index (χ1v) is 6.18. The second-order valence-electron chi connectivity index (χ2n) is 4.34. The van der Waals surface area contributed by atoms with E-state index in [0.717, 1.165) is 28.8 Å². The maximum atomic E-state index is 5.82. The predicted octanol–water partition coefficient (Wildman–Crippen LogP) is 2.64. The van der Waals surface area contributed by atoms with Crippen molar-refractivity contribution in [2.24, 2.45) is 5.73 Å². The molecule has 1 aromatic carbocycles. The van der Waals surface area contributed by atoms with Gasteiger partial charge in [-0.05, 0) is 30.5 Å². The van der Waals surface area contributed by atoms with Gasteiger partial charge in [-0.3, -0.25) is 0 Å². The van der Waals surface area contributed by atoms with Gasteiger partial charge in [0, 0.05) is 23.2 Å². The summed E-state index contributed by atoms with van der Waals surface area (Å²) in [4.78, 5) is 3.27. The summed E-state index contributed by atoms with van der Waals surface area (Å²) in [7, 11) is 3.29. The van der Waals surface area contributed by atoms with E-state index in [1.165, 1.54) is 5.56 Å². The zero-order valence-corrected chi connectivity index (χ0v) is 11.1. The molecule has 2 aromatic rings. The average Bonchev–Trinajstić information content (AvgIpc) is 2.81. The van der Waals surface area contributed by atoms with Gasteiger partial charge in [-0.15, -0.1) is 0 Å². The highest BCUT2D eigenvalue weighted by molar-refractivity contribution is 5.87. The molecule has 1 unspecified atom stereocenters. The Morgan fingerprint density at radius 1 is 1.22 bits per heavy atom. The fourth-order valence-corrected chi connectivity index (χ4v) is 2.32. The smallest absolute Gasteiger partial charge is 0.162 e. The predicted molar refractivity (Wildman–Crippen MR) is 73.5 cm³/mol. The van der Waals surface area contributed by atoms with Crippen LogP contribution in [0.5, 0.6) is 11.5 Å². The number of aromatic nitrogens is 1. The van der Waals surface area contributed by atoms with E-state index in [1.54, 1.807) is 14.2 Å². The zero-order chi connectivity index (χ0) is 13.1. The zero-order valence-electron chi connectivity index (χ0n) is 11.1. The minimum Gasteiger partial charge on any atom is -0.493 e. The lowest BCUT2D eigenvalue weighted by Gasteiger charge is -2.12. The molecule has 98 valence electrons. The fraction of sp³-hybridized carbons (Fsp3) is 0.429. The van der Waals surface area contributed by atoms with E-state index in [2.05, 4.69) is 11.9 Å². The van der Waals surface area contributed by atoms with Gasteiger partial charge in [-0.2, -0.15) is 0 Å². The highest BCUT2D eigenvalue weighted by atomic mass is 16.5. The summed E-state index contributed by atoms with van der Waals surface area (Å²) in [6.45, 7) is 2.80. The quantitative estimate of drug-likeness (QED) is 0.855. The van der Waals surface area contributed by atoms with Crippen molar-refractivity contribution in [2.45, 2.75) is 19.3 Å². The molecule has 3 N–H and O–H groups in total. The van der Waals surface area contributed by atoms with E-state index in [0.29, 0.717) is 12.5 Å². The van der Waals surface area contributed by atoms with Gasteiger partial charge < -0.3 is 20.2 Å². The Morgan fingerprint density at radius 3 is 2.44 bits per heavy atom. The number of methoxy groups -OCH3 is 2. The number of nitrogens with one attached hydrogen (secondary N) is 1. The second-order valence-corrected chi connectivity index (χ2v) is 4.34. The molecular weight excluding hydrogens is 228 g/mol. The summed E-state index contributed by atoms with van der Waals surface area (Å²) in [5.74, 6) is 1.86. The van der Waals surface area contributed by atoms with Crippen LogP contribution < -0.4 is 15.2 Å². The maximum absolute atomic E-state index is 5.82. The summed E-state index contributed by atoms with van der Waals surface area (Å²) >= 11 is 0. The van der Waals surface area contributed by atoms with Crippen molar-refractivity contribution in [2.75, 3.05) is 20.8 Å². The molecule has 0 aliphatic carbocycles. The van der Waals surface area contributed by atoms with Crippen LogP contribution in [-0.2, 0) is 0 Å². The summed E-state index contributed by atoms with van der Waals surface area (Å²) in [5, 5.41) is 1.16. The number of ether oxygens (including phenoxy) is 2. The van der Waals surface area contributed by atoms with Crippen LogP contribution in [0, 0.1) is 0 Å². The number of rotatable bonds is 5. The Labute approximate surface area is 107 Å². The van der Waals surface area contributed by atoms with Gasteiger partial charge in [-0.25, -0.2) is 0 Å². The van der Waals surface area contributed by atoms with Gasteiger partial charge >= 0.3 is 0 Å². The third-order valence-corrected chi connectivity index (χ3v) is 3.44. The van der Waals surface area contributed by atoms with Crippen molar-refractivity contribution in [3.05, 3.63) is 23.9 Å². The average molecular weight is 248 g/mol. The van der Waals surface area contributed by atoms with Crippen molar-refractivity contribution in [1.82, 2.24) is 4.98 Å². The third-order valence-electron chi connectivity index (χ3n) is 3.44. The van der Waals surface area contributed by atoms with Gasteiger partial charge in [0.25, 0.3) is 0 Å². The third kappa shape index (κ3) is 2.04. The molecule has 4 nitrogen and oxygen atoms in total. The lowest BCUT2D eigenvalue weighted by Crippen LogP contribution is -2.10. The molecule has 0 saturated carbocycles. The number of nitrogens with two attached hydrogens (primary N) is 1. The Morgan fingerprint density at radius 2 is 1.89 bits per heavy atom. The van der Waals surface area contributed by atoms with Crippen LogP contribution in [-0.4, -0.2) is 25.7 Å². The molecular formula is C14H20N2O2. The second kappa shape index (κ2) is 5.31. The van der Waals surface area contributed by atoms with Crippen LogP contribution in [0.15, 0.2) is 18.3 Å². The van der Waals surface area contributed by atoms with Crippen molar-refractivity contribution >= 4 is 10.9 Å². The van der Waals surface area contributed by atoms with Gasteiger partial charge in [0.2, 0.25) is 0 Å². The molecule has 1 aromatic heterocycles. The van der Waals surface area contributed by atoms with Crippen LogP contribution >= 0.6 is 0 Å². The lowest BCUT2D eigenvalue weighted by atomic mass is 9.96. The van der Waals surface area contributed by atoms with Crippen molar-refractivity contribution in [1.29, 1.82) is 0 Å². The molecule has 0 bridgehead atoms. The Balaban J connectivity index is 2.58. The molecule has 0 radical (unpaired) electrons. The molecule has 18 heavy (non-hydrogen) atoms. The number of fused-ring (bicyclic) bond motifs is 1. The molecule has 0 saturated heterocycles. The first-order valence-electron chi connectivity index (χ1n) is 6.18. The van der Waals surface area contributed by atoms with Crippen LogP contribution in [0.1, 0.15) is 24.8 Å². The summed E-state index contributed by atoms with van der Waals surface area (Å²) in [6, 6.07) is 3.97. The summed E-state index contributed by atoms with van der Waals surface area (Å²) in [5.41, 5.74) is 8.12. The van der Waals surface area contributed by atoms with E-state index in [9.17, 15) is 0 Å². The topological polar surface area (TPSA) is 60.3 Å². The number of aromatic amines is 1. The minimum absolute atomic E-state index is 0.372. The summed E-state index contributed by atoms with van der Waals surface area (Å²) < 4.78 is 10.6. The van der Waals surface area contributed by atoms with Crippen LogP contribution in [0.4, 0.5) is 0 Å². The Kier molecular flexibility index (Phi) is 3.77. The maximum Gasteiger partial charge on any atom is 0.162 e. The van der Waals surface area contributed by atoms with Gasteiger partial charge in [-0.1, -0.05) is 6.92 Å². The number of H-pyrrole nitrogens is 1. The van der Waals surface area contributed by atoms with E-state index in [-0.39, 0.29) is 0 Å². The van der Waals surface area contributed by atoms with Crippen molar-refractivity contribution < 1.29 is 9.47 Å². The summed E-state index contributed by atoms with van der Waals surface area (Å²) in [6.07, 6.45) is 3.06. The highest BCUT2D eigenvalue weighted by Gasteiger charge is 2.15. The van der Waals surface area contributed by atoms with E-state index in [1.807, 2.05) is 18.3 Å². The largest absolute Gasteiger partial charge is 0.493 e. The molecule has 0 amide bonds. The van der Waals surface area contributed by atoms with Gasteiger partial charge in [0.15, 0.2) is 11.5 Å². The van der Waals surface area contributed by atoms with Crippen LogP contribution in [0.2, 0.25) is 0 Å². The molecule has 0 fully saturated rings. The van der Waals surface area contributed by atoms with Crippen molar-refractivity contribution in [3.8, 4) is 11.5 Å². The first-order chi connectivity index (χ1) is 8.74. The Bertz CT molecular complexity index is 530. The lowest BCUT2D eigenvalue weighted by molar-refractivity contribution is 0.356. The molecule has 0 spiro atoms. The monoisotopic (exact) mass is 248 g/mol.